The number of aryl methyl sites for hydroxylation is 1. The van der Waals surface area contributed by atoms with Crippen molar-refractivity contribution in [1.29, 1.82) is 0 Å². The molecule has 2 amide bonds. The number of rotatable bonds is 7. The van der Waals surface area contributed by atoms with Crippen LogP contribution in [0.4, 0.5) is 0 Å². The van der Waals surface area contributed by atoms with E-state index in [9.17, 15) is 9.59 Å². The number of benzene rings is 2. The molecule has 0 spiro atoms. The molecule has 2 rings (SSSR count). The summed E-state index contributed by atoms with van der Waals surface area (Å²) in [6, 6.07) is 14.7. The molecule has 0 heterocycles. The van der Waals surface area contributed by atoms with Gasteiger partial charge in [0, 0.05) is 17.2 Å². The van der Waals surface area contributed by atoms with Crippen molar-refractivity contribution in [2.24, 2.45) is 0 Å². The van der Waals surface area contributed by atoms with E-state index < -0.39 is 6.04 Å². The van der Waals surface area contributed by atoms with Crippen molar-refractivity contribution in [3.05, 3.63) is 63.2 Å². The number of carbonyl (C=O) groups is 2. The lowest BCUT2D eigenvalue weighted by atomic mass is 10.1. The summed E-state index contributed by atoms with van der Waals surface area (Å²) >= 11 is 2.21. The van der Waals surface area contributed by atoms with Gasteiger partial charge in [-0.1, -0.05) is 24.3 Å². The van der Waals surface area contributed by atoms with Crippen molar-refractivity contribution < 1.29 is 14.3 Å². The Bertz CT molecular complexity index is 762. The Labute approximate surface area is 167 Å². The lowest BCUT2D eigenvalue weighted by Crippen LogP contribution is -2.48. The lowest BCUT2D eigenvalue weighted by Gasteiger charge is -2.28. The summed E-state index contributed by atoms with van der Waals surface area (Å²) in [5, 5.41) is 2.61. The van der Waals surface area contributed by atoms with Crippen LogP contribution in [-0.2, 0) is 16.1 Å². The summed E-state index contributed by atoms with van der Waals surface area (Å²) in [4.78, 5) is 26.4. The van der Waals surface area contributed by atoms with Crippen LogP contribution in [0.3, 0.4) is 0 Å². The highest BCUT2D eigenvalue weighted by molar-refractivity contribution is 14.1. The molecule has 0 radical (unpaired) electrons. The Morgan fingerprint density at radius 3 is 2.42 bits per heavy atom. The fourth-order valence-corrected chi connectivity index (χ4v) is 2.88. The molecular formula is C20H23IN2O3. The third-order valence-electron chi connectivity index (χ3n) is 4.19. The van der Waals surface area contributed by atoms with Crippen molar-refractivity contribution in [3.63, 3.8) is 0 Å². The lowest BCUT2D eigenvalue weighted by molar-refractivity contribution is -0.142. The predicted octanol–water partition coefficient (Wildman–Crippen LogP) is 3.14. The van der Waals surface area contributed by atoms with Gasteiger partial charge in [-0.05, 0) is 71.8 Å². The van der Waals surface area contributed by atoms with E-state index in [0.29, 0.717) is 12.3 Å². The van der Waals surface area contributed by atoms with Gasteiger partial charge in [0.15, 0.2) is 6.61 Å². The molecule has 0 aliphatic carbocycles. The van der Waals surface area contributed by atoms with Crippen LogP contribution < -0.4 is 10.1 Å². The normalized spacial score (nSPS) is 11.5. The van der Waals surface area contributed by atoms with Gasteiger partial charge in [0.1, 0.15) is 11.8 Å². The maximum atomic E-state index is 12.8. The van der Waals surface area contributed by atoms with Crippen molar-refractivity contribution in [1.82, 2.24) is 10.2 Å². The summed E-state index contributed by atoms with van der Waals surface area (Å²) in [5.41, 5.74) is 2.08. The third kappa shape index (κ3) is 5.45. The molecule has 138 valence electrons. The average molecular weight is 466 g/mol. The summed E-state index contributed by atoms with van der Waals surface area (Å²) in [6.45, 7) is 3.95. The first-order valence-corrected chi connectivity index (χ1v) is 9.44. The van der Waals surface area contributed by atoms with Crippen LogP contribution in [0.15, 0.2) is 48.5 Å². The Morgan fingerprint density at radius 1 is 1.15 bits per heavy atom. The molecule has 0 saturated heterocycles. The van der Waals surface area contributed by atoms with Crippen LogP contribution in [0.5, 0.6) is 5.75 Å². The molecule has 0 unspecified atom stereocenters. The van der Waals surface area contributed by atoms with Crippen LogP contribution in [-0.4, -0.2) is 36.4 Å². The van der Waals surface area contributed by atoms with Gasteiger partial charge in [0.05, 0.1) is 0 Å². The minimum Gasteiger partial charge on any atom is -0.484 e. The standard InChI is InChI=1S/C20H23IN2O3/c1-14-6-4-5-7-16(14)12-23(15(2)20(25)22-3)19(24)13-26-18-10-8-17(21)9-11-18/h4-11,15H,12-13H2,1-3H3,(H,22,25)/t15-/m0/s1. The van der Waals surface area contributed by atoms with Crippen molar-refractivity contribution in [2.75, 3.05) is 13.7 Å². The Balaban J connectivity index is 2.13. The molecule has 26 heavy (non-hydrogen) atoms. The Hall–Kier alpha value is -2.09. The zero-order valence-corrected chi connectivity index (χ0v) is 17.3. The molecule has 0 aliphatic rings. The van der Waals surface area contributed by atoms with E-state index in [1.807, 2.05) is 55.5 Å². The molecule has 0 saturated carbocycles. The predicted molar refractivity (Wildman–Crippen MR) is 110 cm³/mol. The number of nitrogens with zero attached hydrogens (tertiary/aromatic N) is 1. The second-order valence-electron chi connectivity index (χ2n) is 5.98. The molecule has 0 aromatic heterocycles. The highest BCUT2D eigenvalue weighted by Gasteiger charge is 2.26. The zero-order chi connectivity index (χ0) is 19.1. The molecule has 6 heteroatoms. The van der Waals surface area contributed by atoms with Crippen LogP contribution in [0.1, 0.15) is 18.1 Å². The maximum absolute atomic E-state index is 12.8. The van der Waals surface area contributed by atoms with E-state index in [2.05, 4.69) is 27.9 Å². The largest absolute Gasteiger partial charge is 0.484 e. The van der Waals surface area contributed by atoms with E-state index in [1.165, 1.54) is 0 Å². The van der Waals surface area contributed by atoms with Gasteiger partial charge in [0.25, 0.3) is 5.91 Å². The first kappa shape index (κ1) is 20.2. The minimum absolute atomic E-state index is 0.117. The highest BCUT2D eigenvalue weighted by Crippen LogP contribution is 2.16. The fourth-order valence-electron chi connectivity index (χ4n) is 2.52. The minimum atomic E-state index is -0.590. The van der Waals surface area contributed by atoms with E-state index in [1.54, 1.807) is 18.9 Å². The summed E-state index contributed by atoms with van der Waals surface area (Å²) < 4.78 is 6.70. The average Bonchev–Trinajstić information content (AvgIpc) is 2.65. The molecule has 1 N–H and O–H groups in total. The zero-order valence-electron chi connectivity index (χ0n) is 15.2. The van der Waals surface area contributed by atoms with Crippen LogP contribution >= 0.6 is 22.6 Å². The van der Waals surface area contributed by atoms with Gasteiger partial charge in [-0.25, -0.2) is 0 Å². The molecule has 2 aromatic carbocycles. The Kier molecular flexibility index (Phi) is 7.44. The number of nitrogens with one attached hydrogen (secondary N) is 1. The van der Waals surface area contributed by atoms with Crippen LogP contribution in [0.25, 0.3) is 0 Å². The van der Waals surface area contributed by atoms with E-state index >= 15 is 0 Å². The third-order valence-corrected chi connectivity index (χ3v) is 4.91. The monoisotopic (exact) mass is 466 g/mol. The van der Waals surface area contributed by atoms with Gasteiger partial charge in [-0.2, -0.15) is 0 Å². The van der Waals surface area contributed by atoms with Gasteiger partial charge in [-0.15, -0.1) is 0 Å². The second-order valence-corrected chi connectivity index (χ2v) is 7.23. The first-order chi connectivity index (χ1) is 12.4. The second kappa shape index (κ2) is 9.56. The molecular weight excluding hydrogens is 443 g/mol. The van der Waals surface area contributed by atoms with Gasteiger partial charge in [-0.3, -0.25) is 9.59 Å². The molecule has 5 nitrogen and oxygen atoms in total. The molecule has 0 fully saturated rings. The topological polar surface area (TPSA) is 58.6 Å². The van der Waals surface area contributed by atoms with Crippen LogP contribution in [0, 0.1) is 10.5 Å². The van der Waals surface area contributed by atoms with E-state index in [4.69, 9.17) is 4.74 Å². The van der Waals surface area contributed by atoms with Crippen molar-refractivity contribution >= 4 is 34.4 Å². The maximum Gasteiger partial charge on any atom is 0.261 e. The SMILES string of the molecule is CNC(=O)[C@H](C)N(Cc1ccccc1C)C(=O)COc1ccc(I)cc1. The molecule has 2 aromatic rings. The Morgan fingerprint density at radius 2 is 1.81 bits per heavy atom. The molecule has 0 bridgehead atoms. The number of hydrogen-bond acceptors (Lipinski definition) is 3. The summed E-state index contributed by atoms with van der Waals surface area (Å²) in [5.74, 6) is 0.186. The number of ether oxygens (including phenoxy) is 1. The number of halogens is 1. The number of amides is 2. The quantitative estimate of drug-likeness (QED) is 0.639. The molecule has 0 aliphatic heterocycles. The van der Waals surface area contributed by atoms with Gasteiger partial charge >= 0.3 is 0 Å². The smallest absolute Gasteiger partial charge is 0.261 e. The van der Waals surface area contributed by atoms with Crippen molar-refractivity contribution in [3.8, 4) is 5.75 Å². The number of hydrogen-bond donors (Lipinski definition) is 1. The first-order valence-electron chi connectivity index (χ1n) is 8.36. The molecule has 1 atom stereocenters. The summed E-state index contributed by atoms with van der Waals surface area (Å²) in [6.07, 6.45) is 0. The highest BCUT2D eigenvalue weighted by atomic mass is 127. The fraction of sp³-hybridized carbons (Fsp3) is 0.300. The number of likely N-dealkylation sites (N-methyl/N-ethyl adjacent to an activating group) is 1. The summed E-state index contributed by atoms with van der Waals surface area (Å²) in [7, 11) is 1.57. The van der Waals surface area contributed by atoms with E-state index in [0.717, 1.165) is 14.7 Å². The van der Waals surface area contributed by atoms with Crippen LogP contribution in [0.2, 0.25) is 0 Å². The van der Waals surface area contributed by atoms with E-state index in [-0.39, 0.29) is 18.4 Å². The van der Waals surface area contributed by atoms with Gasteiger partial charge < -0.3 is 15.0 Å². The van der Waals surface area contributed by atoms with Gasteiger partial charge in [0.2, 0.25) is 5.91 Å². The number of carbonyl (C=O) groups excluding carboxylic acids is 2. The van der Waals surface area contributed by atoms with Crippen molar-refractivity contribution in [2.45, 2.75) is 26.4 Å².